The van der Waals surface area contributed by atoms with Crippen LogP contribution < -0.4 is 4.90 Å². The van der Waals surface area contributed by atoms with Crippen LogP contribution in [0.2, 0.25) is 0 Å². The Morgan fingerprint density at radius 1 is 1.25 bits per heavy atom. The molecule has 1 aliphatic heterocycles. The molecule has 1 atom stereocenters. The minimum atomic E-state index is 0.506. The van der Waals surface area contributed by atoms with Crippen LogP contribution in [0.1, 0.15) is 31.2 Å². The molecule has 2 heterocycles. The highest BCUT2D eigenvalue weighted by molar-refractivity contribution is 5.26. The Morgan fingerprint density at radius 2 is 2.00 bits per heavy atom. The van der Waals surface area contributed by atoms with Crippen molar-refractivity contribution in [2.24, 2.45) is 0 Å². The Kier molecular flexibility index (Phi) is 5.73. The number of ether oxygens (including phenoxy) is 1. The van der Waals surface area contributed by atoms with E-state index in [0.717, 1.165) is 31.2 Å². The van der Waals surface area contributed by atoms with Crippen molar-refractivity contribution < 1.29 is 4.74 Å². The lowest BCUT2D eigenvalue weighted by atomic mass is 10.1. The predicted molar refractivity (Wildman–Crippen MR) is 80.9 cm³/mol. The normalized spacial score (nSPS) is 18.7. The van der Waals surface area contributed by atoms with Gasteiger partial charge in [-0.1, -0.05) is 0 Å². The van der Waals surface area contributed by atoms with Gasteiger partial charge < -0.3 is 14.5 Å². The van der Waals surface area contributed by atoms with Gasteiger partial charge in [0.15, 0.2) is 0 Å². The van der Waals surface area contributed by atoms with E-state index in [4.69, 9.17) is 4.74 Å². The highest BCUT2D eigenvalue weighted by Gasteiger charge is 2.14. The van der Waals surface area contributed by atoms with E-state index in [9.17, 15) is 0 Å². The fourth-order valence-electron chi connectivity index (χ4n) is 2.51. The zero-order valence-corrected chi connectivity index (χ0v) is 12.9. The summed E-state index contributed by atoms with van der Waals surface area (Å²) >= 11 is 0. The Bertz CT molecular complexity index is 387. The Labute approximate surface area is 122 Å². The molecule has 1 aromatic rings. The molecule has 0 unspecified atom stereocenters. The zero-order chi connectivity index (χ0) is 14.4. The van der Waals surface area contributed by atoms with E-state index < -0.39 is 0 Å². The van der Waals surface area contributed by atoms with Gasteiger partial charge in [-0.05, 0) is 39.3 Å². The largest absolute Gasteiger partial charge is 0.378 e. The van der Waals surface area contributed by atoms with E-state index in [0.29, 0.717) is 6.10 Å². The molecule has 1 aliphatic rings. The second-order valence-electron chi connectivity index (χ2n) is 5.80. The summed E-state index contributed by atoms with van der Waals surface area (Å²) in [6.45, 7) is 2.95. The summed E-state index contributed by atoms with van der Waals surface area (Å²) in [5.41, 5.74) is 1.16. The molecule has 2 rings (SSSR count). The second-order valence-corrected chi connectivity index (χ2v) is 5.80. The molecule has 5 nitrogen and oxygen atoms in total. The SMILES string of the molecule is CN(CCC[C@@H]1CCCO1)Cc1cnc(N(C)C)nc1. The van der Waals surface area contributed by atoms with Gasteiger partial charge in [0.2, 0.25) is 5.95 Å². The molecule has 20 heavy (non-hydrogen) atoms. The third-order valence-electron chi connectivity index (χ3n) is 3.63. The summed E-state index contributed by atoms with van der Waals surface area (Å²) in [7, 11) is 6.05. The summed E-state index contributed by atoms with van der Waals surface area (Å²) in [6, 6.07) is 0. The van der Waals surface area contributed by atoms with Crippen molar-refractivity contribution in [2.45, 2.75) is 38.3 Å². The fourth-order valence-corrected chi connectivity index (χ4v) is 2.51. The van der Waals surface area contributed by atoms with Crippen LogP contribution in [-0.4, -0.2) is 55.3 Å². The van der Waals surface area contributed by atoms with Gasteiger partial charge in [0.1, 0.15) is 0 Å². The molecule has 0 spiro atoms. The fraction of sp³-hybridized carbons (Fsp3) is 0.733. The second kappa shape index (κ2) is 7.55. The van der Waals surface area contributed by atoms with E-state index in [1.807, 2.05) is 31.4 Å². The summed E-state index contributed by atoms with van der Waals surface area (Å²) in [4.78, 5) is 12.9. The van der Waals surface area contributed by atoms with E-state index in [1.54, 1.807) is 0 Å². The molecule has 1 aromatic heterocycles. The van der Waals surface area contributed by atoms with E-state index in [1.165, 1.54) is 25.7 Å². The average molecular weight is 278 g/mol. The topological polar surface area (TPSA) is 41.5 Å². The number of rotatable bonds is 7. The first-order valence-electron chi connectivity index (χ1n) is 7.43. The van der Waals surface area contributed by atoms with Crippen molar-refractivity contribution in [3.05, 3.63) is 18.0 Å². The molecule has 0 amide bonds. The highest BCUT2D eigenvalue weighted by atomic mass is 16.5. The van der Waals surface area contributed by atoms with Crippen LogP contribution in [0, 0.1) is 0 Å². The molecule has 0 aliphatic carbocycles. The predicted octanol–water partition coefficient (Wildman–Crippen LogP) is 1.93. The van der Waals surface area contributed by atoms with Crippen LogP contribution in [0.5, 0.6) is 0 Å². The van der Waals surface area contributed by atoms with Crippen LogP contribution in [0.15, 0.2) is 12.4 Å². The van der Waals surface area contributed by atoms with Crippen molar-refractivity contribution in [1.82, 2.24) is 14.9 Å². The van der Waals surface area contributed by atoms with Crippen molar-refractivity contribution in [3.8, 4) is 0 Å². The molecule has 5 heteroatoms. The minimum Gasteiger partial charge on any atom is -0.378 e. The maximum absolute atomic E-state index is 5.65. The third kappa shape index (κ3) is 4.72. The summed E-state index contributed by atoms with van der Waals surface area (Å²) < 4.78 is 5.65. The van der Waals surface area contributed by atoms with Crippen molar-refractivity contribution in [3.63, 3.8) is 0 Å². The molecular formula is C15H26N4O. The van der Waals surface area contributed by atoms with Crippen LogP contribution in [0.3, 0.4) is 0 Å². The molecule has 1 fully saturated rings. The lowest BCUT2D eigenvalue weighted by Crippen LogP contribution is -2.21. The Balaban J connectivity index is 1.69. The van der Waals surface area contributed by atoms with Crippen LogP contribution in [0.25, 0.3) is 0 Å². The first-order chi connectivity index (χ1) is 9.65. The van der Waals surface area contributed by atoms with Gasteiger partial charge in [0, 0.05) is 45.2 Å². The number of anilines is 1. The minimum absolute atomic E-state index is 0.506. The van der Waals surface area contributed by atoms with Crippen LogP contribution in [-0.2, 0) is 11.3 Å². The molecule has 0 saturated carbocycles. The lowest BCUT2D eigenvalue weighted by Gasteiger charge is -2.18. The molecule has 1 saturated heterocycles. The standard InChI is InChI=1S/C15H26N4O/c1-18(2)15-16-10-13(11-17-15)12-19(3)8-4-6-14-7-5-9-20-14/h10-11,14H,4-9,12H2,1-3H3/t14-/m1/s1. The van der Waals surface area contributed by atoms with Gasteiger partial charge in [-0.2, -0.15) is 0 Å². The maximum atomic E-state index is 5.65. The molecule has 0 radical (unpaired) electrons. The summed E-state index contributed by atoms with van der Waals surface area (Å²) in [6.07, 6.45) is 9.18. The number of hydrogen-bond acceptors (Lipinski definition) is 5. The van der Waals surface area contributed by atoms with E-state index in [-0.39, 0.29) is 0 Å². The van der Waals surface area contributed by atoms with Crippen molar-refractivity contribution >= 4 is 5.95 Å². The Hall–Kier alpha value is -1.20. The molecule has 0 N–H and O–H groups in total. The average Bonchev–Trinajstić information content (AvgIpc) is 2.92. The lowest BCUT2D eigenvalue weighted by molar-refractivity contribution is 0.0995. The van der Waals surface area contributed by atoms with Crippen LogP contribution >= 0.6 is 0 Å². The summed E-state index contributed by atoms with van der Waals surface area (Å²) in [5.74, 6) is 0.759. The van der Waals surface area contributed by atoms with E-state index in [2.05, 4.69) is 21.9 Å². The molecule has 0 bridgehead atoms. The number of hydrogen-bond donors (Lipinski definition) is 0. The van der Waals surface area contributed by atoms with Gasteiger partial charge in [-0.15, -0.1) is 0 Å². The van der Waals surface area contributed by atoms with Gasteiger partial charge in [0.25, 0.3) is 0 Å². The number of nitrogens with zero attached hydrogens (tertiary/aromatic N) is 4. The van der Waals surface area contributed by atoms with Gasteiger partial charge in [-0.25, -0.2) is 9.97 Å². The first-order valence-corrected chi connectivity index (χ1v) is 7.43. The molecule has 0 aromatic carbocycles. The maximum Gasteiger partial charge on any atom is 0.224 e. The van der Waals surface area contributed by atoms with Crippen molar-refractivity contribution in [1.29, 1.82) is 0 Å². The van der Waals surface area contributed by atoms with E-state index >= 15 is 0 Å². The third-order valence-corrected chi connectivity index (χ3v) is 3.63. The number of aromatic nitrogens is 2. The van der Waals surface area contributed by atoms with Gasteiger partial charge >= 0.3 is 0 Å². The highest BCUT2D eigenvalue weighted by Crippen LogP contribution is 2.17. The monoisotopic (exact) mass is 278 g/mol. The Morgan fingerprint density at radius 3 is 2.60 bits per heavy atom. The smallest absolute Gasteiger partial charge is 0.224 e. The van der Waals surface area contributed by atoms with Crippen molar-refractivity contribution in [2.75, 3.05) is 39.2 Å². The zero-order valence-electron chi connectivity index (χ0n) is 12.9. The van der Waals surface area contributed by atoms with Gasteiger partial charge in [-0.3, -0.25) is 0 Å². The first kappa shape index (κ1) is 15.2. The van der Waals surface area contributed by atoms with Crippen LogP contribution in [0.4, 0.5) is 5.95 Å². The summed E-state index contributed by atoms with van der Waals surface area (Å²) in [5, 5.41) is 0. The molecule has 112 valence electrons. The molecular weight excluding hydrogens is 252 g/mol. The van der Waals surface area contributed by atoms with Gasteiger partial charge in [0.05, 0.1) is 6.10 Å². The quantitative estimate of drug-likeness (QED) is 0.762.